The van der Waals surface area contributed by atoms with Gasteiger partial charge in [0, 0.05) is 17.7 Å². The molecule has 2 N–H and O–H groups in total. The van der Waals surface area contributed by atoms with Crippen LogP contribution in [0.5, 0.6) is 0 Å². The Morgan fingerprint density at radius 3 is 2.62 bits per heavy atom. The summed E-state index contributed by atoms with van der Waals surface area (Å²) >= 11 is 0. The number of carbonyl (C=O) groups is 1. The normalized spacial score (nSPS) is 11.5. The predicted octanol–water partition coefficient (Wildman–Crippen LogP) is 1.42. The van der Waals surface area contributed by atoms with E-state index in [0.29, 0.717) is 6.54 Å². The summed E-state index contributed by atoms with van der Waals surface area (Å²) in [5, 5.41) is 0. The van der Waals surface area contributed by atoms with Crippen LogP contribution < -0.4 is 5.73 Å². The van der Waals surface area contributed by atoms with Crippen LogP contribution in [0.2, 0.25) is 0 Å². The van der Waals surface area contributed by atoms with Gasteiger partial charge in [0.1, 0.15) is 6.54 Å². The minimum atomic E-state index is 0.117. The molecule has 0 aliphatic rings. The molecule has 3 heteroatoms. The Bertz CT molecular complexity index is 372. The van der Waals surface area contributed by atoms with E-state index in [1.54, 1.807) is 6.92 Å². The van der Waals surface area contributed by atoms with Crippen molar-refractivity contribution < 1.29 is 9.28 Å². The minimum absolute atomic E-state index is 0.117. The number of nitrogens with two attached hydrogens (primary N) is 1. The van der Waals surface area contributed by atoms with Crippen LogP contribution >= 0.6 is 0 Å². The second kappa shape index (κ2) is 5.23. The first-order valence-corrected chi connectivity index (χ1v) is 5.56. The summed E-state index contributed by atoms with van der Waals surface area (Å²) in [5.41, 5.74) is 7.55. The van der Waals surface area contributed by atoms with Crippen molar-refractivity contribution in [1.82, 2.24) is 0 Å². The molecule has 3 nitrogen and oxygen atoms in total. The highest BCUT2D eigenvalue weighted by atomic mass is 16.1. The van der Waals surface area contributed by atoms with Crippen molar-refractivity contribution in [3.05, 3.63) is 35.4 Å². The molecule has 88 valence electrons. The monoisotopic (exact) mass is 221 g/mol. The third-order valence-electron chi connectivity index (χ3n) is 2.68. The number of Topliss-reactive ketones (excluding diaryl/α,β-unsaturated/α-hetero) is 1. The van der Waals surface area contributed by atoms with Crippen LogP contribution in [0.1, 0.15) is 22.8 Å². The molecule has 1 rings (SSSR count). The van der Waals surface area contributed by atoms with E-state index in [-0.39, 0.29) is 5.78 Å². The number of hydrogen-bond acceptors (Lipinski definition) is 2. The van der Waals surface area contributed by atoms with Crippen molar-refractivity contribution >= 4 is 5.78 Å². The van der Waals surface area contributed by atoms with Gasteiger partial charge in [-0.05, 0) is 13.0 Å². The average molecular weight is 221 g/mol. The lowest BCUT2D eigenvalue weighted by molar-refractivity contribution is -0.902. The fraction of sp³-hybridized carbons (Fsp3) is 0.462. The lowest BCUT2D eigenvalue weighted by Crippen LogP contribution is -2.42. The van der Waals surface area contributed by atoms with Crippen LogP contribution in [-0.4, -0.2) is 37.5 Å². The summed E-state index contributed by atoms with van der Waals surface area (Å²) in [6.07, 6.45) is 0. The van der Waals surface area contributed by atoms with Gasteiger partial charge >= 0.3 is 0 Å². The highest BCUT2D eigenvalue weighted by Crippen LogP contribution is 2.11. The Balaban J connectivity index is 2.81. The zero-order valence-electron chi connectivity index (χ0n) is 10.4. The molecule has 0 amide bonds. The summed E-state index contributed by atoms with van der Waals surface area (Å²) in [7, 11) is 4.29. The first-order valence-electron chi connectivity index (χ1n) is 5.56. The van der Waals surface area contributed by atoms with E-state index in [2.05, 4.69) is 20.2 Å². The molecule has 0 unspecified atom stereocenters. The van der Waals surface area contributed by atoms with Gasteiger partial charge in [0.2, 0.25) is 0 Å². The standard InChI is InChI=1S/C13H21N2O/c1-11(16)13-6-4-5-12(9-13)10-15(2,3)8-7-14/h4-6,9H,7-8,10,14H2,1-3H3/q+1. The van der Waals surface area contributed by atoms with Gasteiger partial charge in [-0.1, -0.05) is 18.2 Å². The molecular formula is C13H21N2O+. The van der Waals surface area contributed by atoms with Gasteiger partial charge in [0.25, 0.3) is 0 Å². The zero-order chi connectivity index (χ0) is 12.2. The average Bonchev–Trinajstić information content (AvgIpc) is 2.17. The Hall–Kier alpha value is -1.19. The lowest BCUT2D eigenvalue weighted by atomic mass is 10.1. The second-order valence-corrected chi connectivity index (χ2v) is 4.86. The highest BCUT2D eigenvalue weighted by Gasteiger charge is 2.14. The molecule has 1 aromatic carbocycles. The number of carbonyl (C=O) groups excluding carboxylic acids is 1. The fourth-order valence-corrected chi connectivity index (χ4v) is 1.81. The van der Waals surface area contributed by atoms with E-state index in [1.807, 2.05) is 18.2 Å². The van der Waals surface area contributed by atoms with E-state index in [4.69, 9.17) is 5.73 Å². The molecule has 0 heterocycles. The molecular weight excluding hydrogens is 200 g/mol. The smallest absolute Gasteiger partial charge is 0.159 e. The number of ketones is 1. The summed E-state index contributed by atoms with van der Waals surface area (Å²) in [6.45, 7) is 4.11. The van der Waals surface area contributed by atoms with Crippen LogP contribution in [0, 0.1) is 0 Å². The highest BCUT2D eigenvalue weighted by molar-refractivity contribution is 5.94. The molecule has 1 aromatic rings. The van der Waals surface area contributed by atoms with E-state index in [0.717, 1.165) is 23.1 Å². The molecule has 0 radical (unpaired) electrons. The third kappa shape index (κ3) is 3.76. The SMILES string of the molecule is CC(=O)c1cccc(C[N+](C)(C)CCN)c1. The molecule has 0 saturated heterocycles. The number of benzene rings is 1. The van der Waals surface area contributed by atoms with E-state index in [9.17, 15) is 4.79 Å². The first-order chi connectivity index (χ1) is 7.44. The molecule has 0 aliphatic carbocycles. The largest absolute Gasteiger partial charge is 0.326 e. The van der Waals surface area contributed by atoms with Gasteiger partial charge in [-0.3, -0.25) is 4.79 Å². The number of hydrogen-bond donors (Lipinski definition) is 1. The maximum Gasteiger partial charge on any atom is 0.159 e. The maximum atomic E-state index is 11.3. The first kappa shape index (κ1) is 12.9. The van der Waals surface area contributed by atoms with Gasteiger partial charge < -0.3 is 10.2 Å². The molecule has 0 atom stereocenters. The molecule has 16 heavy (non-hydrogen) atoms. The van der Waals surface area contributed by atoms with Crippen LogP contribution in [0.3, 0.4) is 0 Å². The van der Waals surface area contributed by atoms with E-state index < -0.39 is 0 Å². The summed E-state index contributed by atoms with van der Waals surface area (Å²) in [4.78, 5) is 11.3. The van der Waals surface area contributed by atoms with Crippen molar-refractivity contribution in [2.45, 2.75) is 13.5 Å². The van der Waals surface area contributed by atoms with E-state index in [1.165, 1.54) is 5.56 Å². The number of rotatable bonds is 5. The van der Waals surface area contributed by atoms with E-state index >= 15 is 0 Å². The van der Waals surface area contributed by atoms with Gasteiger partial charge in [0.05, 0.1) is 20.6 Å². The van der Waals surface area contributed by atoms with Gasteiger partial charge in [-0.2, -0.15) is 0 Å². The summed E-state index contributed by atoms with van der Waals surface area (Å²) < 4.78 is 0.845. The topological polar surface area (TPSA) is 43.1 Å². The summed E-state index contributed by atoms with van der Waals surface area (Å²) in [5.74, 6) is 0.117. The molecule has 0 fully saturated rings. The third-order valence-corrected chi connectivity index (χ3v) is 2.68. The second-order valence-electron chi connectivity index (χ2n) is 4.86. The lowest BCUT2D eigenvalue weighted by Gasteiger charge is -2.29. The van der Waals surface area contributed by atoms with Crippen LogP contribution in [-0.2, 0) is 6.54 Å². The van der Waals surface area contributed by atoms with Gasteiger partial charge in [-0.15, -0.1) is 0 Å². The van der Waals surface area contributed by atoms with Crippen molar-refractivity contribution in [3.8, 4) is 0 Å². The summed E-state index contributed by atoms with van der Waals surface area (Å²) in [6, 6.07) is 7.82. The van der Waals surface area contributed by atoms with Crippen molar-refractivity contribution in [2.24, 2.45) is 5.73 Å². The quantitative estimate of drug-likeness (QED) is 0.603. The molecule has 0 bridgehead atoms. The number of nitrogens with zero attached hydrogens (tertiary/aromatic N) is 1. The van der Waals surface area contributed by atoms with Crippen LogP contribution in [0.15, 0.2) is 24.3 Å². The molecule has 0 spiro atoms. The van der Waals surface area contributed by atoms with Crippen LogP contribution in [0.25, 0.3) is 0 Å². The minimum Gasteiger partial charge on any atom is -0.326 e. The van der Waals surface area contributed by atoms with Crippen molar-refractivity contribution in [1.29, 1.82) is 0 Å². The van der Waals surface area contributed by atoms with Gasteiger partial charge in [-0.25, -0.2) is 0 Å². The zero-order valence-corrected chi connectivity index (χ0v) is 10.4. The maximum absolute atomic E-state index is 11.3. The Morgan fingerprint density at radius 2 is 2.06 bits per heavy atom. The number of quaternary nitrogens is 1. The number of likely N-dealkylation sites (N-methyl/N-ethyl adjacent to an activating group) is 1. The Kier molecular flexibility index (Phi) is 4.21. The molecule has 0 aliphatic heterocycles. The molecule has 0 saturated carbocycles. The van der Waals surface area contributed by atoms with Crippen molar-refractivity contribution in [2.75, 3.05) is 27.2 Å². The van der Waals surface area contributed by atoms with Gasteiger partial charge in [0.15, 0.2) is 5.78 Å². The molecule has 0 aromatic heterocycles. The van der Waals surface area contributed by atoms with Crippen molar-refractivity contribution in [3.63, 3.8) is 0 Å². The van der Waals surface area contributed by atoms with Crippen LogP contribution in [0.4, 0.5) is 0 Å². The predicted molar refractivity (Wildman–Crippen MR) is 66.2 cm³/mol. The fourth-order valence-electron chi connectivity index (χ4n) is 1.81. The Labute approximate surface area is 97.5 Å². The Morgan fingerprint density at radius 1 is 1.38 bits per heavy atom.